The van der Waals surface area contributed by atoms with Crippen molar-refractivity contribution >= 4 is 5.69 Å². The van der Waals surface area contributed by atoms with Crippen molar-refractivity contribution < 1.29 is 0 Å². The zero-order valence-corrected chi connectivity index (χ0v) is 18.0. The summed E-state index contributed by atoms with van der Waals surface area (Å²) in [6, 6.07) is 29.3. The molecule has 3 aromatic carbocycles. The van der Waals surface area contributed by atoms with Crippen molar-refractivity contribution in [2.75, 3.05) is 5.32 Å². The Bertz CT molecular complexity index is 1410. The third-order valence-corrected chi connectivity index (χ3v) is 5.98. The molecule has 0 radical (unpaired) electrons. The van der Waals surface area contributed by atoms with Crippen LogP contribution in [0.2, 0.25) is 0 Å². The average molecular weight is 418 g/mol. The molecule has 156 valence electrons. The number of para-hydroxylation sites is 2. The molecule has 5 aromatic rings. The third-order valence-electron chi connectivity index (χ3n) is 5.98. The predicted octanol–water partition coefficient (Wildman–Crippen LogP) is 5.99. The molecule has 32 heavy (non-hydrogen) atoms. The minimum absolute atomic E-state index is 0.164. The summed E-state index contributed by atoms with van der Waals surface area (Å²) in [6.07, 6.45) is 1.96. The largest absolute Gasteiger partial charge is 0.359 e. The van der Waals surface area contributed by atoms with Gasteiger partial charge < -0.3 is 5.32 Å². The van der Waals surface area contributed by atoms with Gasteiger partial charge in [-0.25, -0.2) is 9.36 Å². The topological polar surface area (TPSA) is 47.7 Å². The van der Waals surface area contributed by atoms with Gasteiger partial charge >= 0.3 is 0 Å². The first kappa shape index (κ1) is 18.6. The van der Waals surface area contributed by atoms with Crippen molar-refractivity contribution in [2.24, 2.45) is 0 Å². The molecule has 1 aliphatic rings. The molecule has 0 saturated heterocycles. The second kappa shape index (κ2) is 7.24. The highest BCUT2D eigenvalue weighted by Gasteiger charge is 2.30. The van der Waals surface area contributed by atoms with Gasteiger partial charge in [0.2, 0.25) is 0 Å². The standard InChI is InChI=1S/C27H23N5/c1-18-12-14-20(15-13-18)26-23(17-31(30-26)21-8-4-3-5-9-21)27-28-24-11-7-6-10-22(24)25-16-19(2)29-32(25)27/h3-17,27-28H,1-2H3/t27-/m1/s1. The molecule has 0 unspecified atom stereocenters. The fourth-order valence-corrected chi connectivity index (χ4v) is 4.40. The molecular formula is C27H23N5. The van der Waals surface area contributed by atoms with Crippen molar-refractivity contribution in [3.63, 3.8) is 0 Å². The van der Waals surface area contributed by atoms with Gasteiger partial charge in [-0.3, -0.25) is 0 Å². The van der Waals surface area contributed by atoms with Crippen LogP contribution in [0.3, 0.4) is 0 Å². The van der Waals surface area contributed by atoms with Crippen LogP contribution in [-0.4, -0.2) is 19.6 Å². The monoisotopic (exact) mass is 417 g/mol. The van der Waals surface area contributed by atoms with E-state index in [1.54, 1.807) is 0 Å². The number of anilines is 1. The normalized spacial score (nSPS) is 14.5. The van der Waals surface area contributed by atoms with Gasteiger partial charge in [-0.2, -0.15) is 10.2 Å². The van der Waals surface area contributed by atoms with E-state index in [4.69, 9.17) is 10.2 Å². The molecule has 0 saturated carbocycles. The van der Waals surface area contributed by atoms with Gasteiger partial charge in [-0.05, 0) is 38.1 Å². The second-order valence-corrected chi connectivity index (χ2v) is 8.29. The Morgan fingerprint density at radius 1 is 0.812 bits per heavy atom. The first-order chi connectivity index (χ1) is 15.7. The molecule has 0 spiro atoms. The van der Waals surface area contributed by atoms with Gasteiger partial charge in [0, 0.05) is 28.6 Å². The zero-order valence-electron chi connectivity index (χ0n) is 18.0. The summed E-state index contributed by atoms with van der Waals surface area (Å²) in [6.45, 7) is 4.14. The lowest BCUT2D eigenvalue weighted by atomic mass is 10.0. The Morgan fingerprint density at radius 3 is 2.38 bits per heavy atom. The van der Waals surface area contributed by atoms with Crippen LogP contribution in [0.5, 0.6) is 0 Å². The zero-order chi connectivity index (χ0) is 21.7. The summed E-state index contributed by atoms with van der Waals surface area (Å²) in [4.78, 5) is 0. The van der Waals surface area contributed by atoms with E-state index < -0.39 is 0 Å². The van der Waals surface area contributed by atoms with E-state index in [-0.39, 0.29) is 6.17 Å². The molecule has 2 aromatic heterocycles. The van der Waals surface area contributed by atoms with E-state index in [9.17, 15) is 0 Å². The van der Waals surface area contributed by atoms with E-state index in [0.717, 1.165) is 45.1 Å². The summed E-state index contributed by atoms with van der Waals surface area (Å²) in [5.41, 5.74) is 9.75. The van der Waals surface area contributed by atoms with Crippen molar-refractivity contribution in [1.29, 1.82) is 0 Å². The maximum Gasteiger partial charge on any atom is 0.151 e. The first-order valence-electron chi connectivity index (χ1n) is 10.8. The third kappa shape index (κ3) is 3.02. The van der Waals surface area contributed by atoms with E-state index in [2.05, 4.69) is 89.8 Å². The number of fused-ring (bicyclic) bond motifs is 3. The van der Waals surface area contributed by atoms with Crippen LogP contribution in [0.25, 0.3) is 28.2 Å². The lowest BCUT2D eigenvalue weighted by Crippen LogP contribution is -2.25. The summed E-state index contributed by atoms with van der Waals surface area (Å²) >= 11 is 0. The Kier molecular flexibility index (Phi) is 4.21. The summed E-state index contributed by atoms with van der Waals surface area (Å²) in [5.74, 6) is 0. The lowest BCUT2D eigenvalue weighted by molar-refractivity contribution is 0.572. The maximum absolute atomic E-state index is 5.03. The first-order valence-corrected chi connectivity index (χ1v) is 10.8. The number of aromatic nitrogens is 4. The van der Waals surface area contributed by atoms with Gasteiger partial charge in [0.15, 0.2) is 6.17 Å². The fourth-order valence-electron chi connectivity index (χ4n) is 4.40. The fraction of sp³-hybridized carbons (Fsp3) is 0.111. The van der Waals surface area contributed by atoms with E-state index in [0.29, 0.717) is 0 Å². The molecular weight excluding hydrogens is 394 g/mol. The summed E-state index contributed by atoms with van der Waals surface area (Å²) in [7, 11) is 0. The SMILES string of the molecule is Cc1ccc(-c2nn(-c3ccccc3)cc2[C@@H]2Nc3ccccc3-c3cc(C)nn32)cc1. The minimum atomic E-state index is -0.164. The summed E-state index contributed by atoms with van der Waals surface area (Å²) < 4.78 is 4.05. The van der Waals surface area contributed by atoms with Gasteiger partial charge in [0.25, 0.3) is 0 Å². The quantitative estimate of drug-likeness (QED) is 0.392. The van der Waals surface area contributed by atoms with Gasteiger partial charge in [0.05, 0.1) is 22.8 Å². The molecule has 1 aliphatic heterocycles. The van der Waals surface area contributed by atoms with Crippen LogP contribution in [-0.2, 0) is 0 Å². The van der Waals surface area contributed by atoms with Gasteiger partial charge in [-0.15, -0.1) is 0 Å². The molecule has 0 fully saturated rings. The number of nitrogens with one attached hydrogen (secondary N) is 1. The Hall–Kier alpha value is -4.12. The summed E-state index contributed by atoms with van der Waals surface area (Å²) in [5, 5.41) is 13.6. The number of hydrogen-bond acceptors (Lipinski definition) is 3. The molecule has 3 heterocycles. The van der Waals surface area contributed by atoms with E-state index >= 15 is 0 Å². The highest BCUT2D eigenvalue weighted by atomic mass is 15.4. The molecule has 0 bridgehead atoms. The van der Waals surface area contributed by atoms with Gasteiger partial charge in [0.1, 0.15) is 0 Å². The number of aryl methyl sites for hydroxylation is 2. The average Bonchev–Trinajstić information content (AvgIpc) is 3.44. The molecule has 5 nitrogen and oxygen atoms in total. The highest BCUT2D eigenvalue weighted by Crippen LogP contribution is 2.40. The van der Waals surface area contributed by atoms with Crippen molar-refractivity contribution in [1.82, 2.24) is 19.6 Å². The molecule has 0 aliphatic carbocycles. The molecule has 5 heteroatoms. The Morgan fingerprint density at radius 2 is 1.56 bits per heavy atom. The lowest BCUT2D eigenvalue weighted by Gasteiger charge is -2.29. The predicted molar refractivity (Wildman–Crippen MR) is 128 cm³/mol. The van der Waals surface area contributed by atoms with Gasteiger partial charge in [-0.1, -0.05) is 66.2 Å². The van der Waals surface area contributed by atoms with E-state index in [1.807, 2.05) is 29.8 Å². The number of benzene rings is 3. The Balaban J connectivity index is 1.56. The Labute approximate surface area is 187 Å². The molecule has 1 atom stereocenters. The highest BCUT2D eigenvalue weighted by molar-refractivity contribution is 5.79. The van der Waals surface area contributed by atoms with E-state index in [1.165, 1.54) is 5.56 Å². The van der Waals surface area contributed by atoms with Crippen LogP contribution < -0.4 is 5.32 Å². The maximum atomic E-state index is 5.03. The molecule has 0 amide bonds. The smallest absolute Gasteiger partial charge is 0.151 e. The second-order valence-electron chi connectivity index (χ2n) is 8.29. The number of hydrogen-bond donors (Lipinski definition) is 1. The number of nitrogens with zero attached hydrogens (tertiary/aromatic N) is 4. The van der Waals surface area contributed by atoms with Crippen molar-refractivity contribution in [2.45, 2.75) is 20.0 Å². The van der Waals surface area contributed by atoms with Crippen LogP contribution in [0.1, 0.15) is 23.0 Å². The van der Waals surface area contributed by atoms with Crippen LogP contribution in [0.15, 0.2) is 91.1 Å². The van der Waals surface area contributed by atoms with Crippen molar-refractivity contribution in [3.05, 3.63) is 108 Å². The number of rotatable bonds is 3. The van der Waals surface area contributed by atoms with Crippen LogP contribution in [0, 0.1) is 13.8 Å². The molecule has 1 N–H and O–H groups in total. The molecule has 6 rings (SSSR count). The minimum Gasteiger partial charge on any atom is -0.359 e. The van der Waals surface area contributed by atoms with Crippen LogP contribution in [0.4, 0.5) is 5.69 Å². The van der Waals surface area contributed by atoms with Crippen molar-refractivity contribution in [3.8, 4) is 28.2 Å². The van der Waals surface area contributed by atoms with Crippen LogP contribution >= 0.6 is 0 Å².